The number of carbonyl (C=O) groups excluding carboxylic acids is 1. The molecule has 1 saturated heterocycles. The van der Waals surface area contributed by atoms with Crippen LogP contribution in [0.1, 0.15) is 37.6 Å². The maximum Gasteiger partial charge on any atom is 0.252 e. The molecule has 0 aromatic heterocycles. The molecule has 1 amide bonds. The monoisotopic (exact) mass is 350 g/mol. The van der Waals surface area contributed by atoms with Gasteiger partial charge in [-0.1, -0.05) is 37.6 Å². The van der Waals surface area contributed by atoms with Crippen LogP contribution in [0.5, 0.6) is 0 Å². The SMILES string of the molecule is CCNC(=NCCNC(=O)c1ccccc1Cl)N1CCC(C)(C)C1. The smallest absolute Gasteiger partial charge is 0.252 e. The molecule has 0 atom stereocenters. The molecule has 1 aliphatic rings. The van der Waals surface area contributed by atoms with Gasteiger partial charge in [-0.2, -0.15) is 0 Å². The Morgan fingerprint density at radius 2 is 2.08 bits per heavy atom. The van der Waals surface area contributed by atoms with Crippen molar-refractivity contribution >= 4 is 23.5 Å². The summed E-state index contributed by atoms with van der Waals surface area (Å²) in [7, 11) is 0. The first-order chi connectivity index (χ1) is 11.4. The summed E-state index contributed by atoms with van der Waals surface area (Å²) in [6.07, 6.45) is 1.17. The zero-order chi connectivity index (χ0) is 17.6. The molecule has 6 heteroatoms. The van der Waals surface area contributed by atoms with Gasteiger partial charge in [0.05, 0.1) is 17.1 Å². The lowest BCUT2D eigenvalue weighted by molar-refractivity contribution is 0.0955. The zero-order valence-corrected chi connectivity index (χ0v) is 15.5. The van der Waals surface area contributed by atoms with Crippen LogP contribution in [0.2, 0.25) is 5.02 Å². The van der Waals surface area contributed by atoms with Gasteiger partial charge in [0.15, 0.2) is 5.96 Å². The minimum atomic E-state index is -0.164. The van der Waals surface area contributed by atoms with Crippen LogP contribution in [0.4, 0.5) is 0 Å². The fourth-order valence-corrected chi connectivity index (χ4v) is 3.01. The van der Waals surface area contributed by atoms with Crippen molar-refractivity contribution < 1.29 is 4.79 Å². The van der Waals surface area contributed by atoms with Crippen molar-refractivity contribution in [3.8, 4) is 0 Å². The molecule has 2 N–H and O–H groups in total. The van der Waals surface area contributed by atoms with Crippen molar-refractivity contribution in [1.82, 2.24) is 15.5 Å². The molecule has 1 fully saturated rings. The molecule has 0 aliphatic carbocycles. The highest BCUT2D eigenvalue weighted by atomic mass is 35.5. The highest BCUT2D eigenvalue weighted by Crippen LogP contribution is 2.28. The Bertz CT molecular complexity index is 600. The zero-order valence-electron chi connectivity index (χ0n) is 14.7. The molecule has 1 aromatic rings. The predicted molar refractivity (Wildman–Crippen MR) is 99.7 cm³/mol. The lowest BCUT2D eigenvalue weighted by Crippen LogP contribution is -2.41. The molecular weight excluding hydrogens is 324 g/mol. The number of carbonyl (C=O) groups is 1. The van der Waals surface area contributed by atoms with Crippen LogP contribution in [0, 0.1) is 5.41 Å². The van der Waals surface area contributed by atoms with E-state index < -0.39 is 0 Å². The molecule has 1 heterocycles. The molecule has 1 aromatic carbocycles. The molecule has 0 saturated carbocycles. The first-order valence-electron chi connectivity index (χ1n) is 8.49. The largest absolute Gasteiger partial charge is 0.357 e. The van der Waals surface area contributed by atoms with Crippen LogP contribution >= 0.6 is 11.6 Å². The number of nitrogens with zero attached hydrogens (tertiary/aromatic N) is 2. The van der Waals surface area contributed by atoms with Crippen molar-refractivity contribution in [2.75, 3.05) is 32.7 Å². The van der Waals surface area contributed by atoms with Gasteiger partial charge in [-0.3, -0.25) is 9.79 Å². The summed E-state index contributed by atoms with van der Waals surface area (Å²) in [5.74, 6) is 0.762. The fourth-order valence-electron chi connectivity index (χ4n) is 2.79. The number of nitrogens with one attached hydrogen (secondary N) is 2. The lowest BCUT2D eigenvalue weighted by Gasteiger charge is -2.23. The Hall–Kier alpha value is -1.75. The molecule has 1 aliphatic heterocycles. The average Bonchev–Trinajstić information content (AvgIpc) is 2.90. The average molecular weight is 351 g/mol. The van der Waals surface area contributed by atoms with E-state index in [1.165, 1.54) is 6.42 Å². The highest BCUT2D eigenvalue weighted by Gasteiger charge is 2.30. The van der Waals surface area contributed by atoms with Gasteiger partial charge in [0, 0.05) is 26.2 Å². The third-order valence-electron chi connectivity index (χ3n) is 4.09. The van der Waals surface area contributed by atoms with Gasteiger partial charge < -0.3 is 15.5 Å². The third-order valence-corrected chi connectivity index (χ3v) is 4.42. The van der Waals surface area contributed by atoms with Crippen molar-refractivity contribution in [1.29, 1.82) is 0 Å². The standard InChI is InChI=1S/C18H27ClN4O/c1-4-20-17(23-12-9-18(2,3)13-23)22-11-10-21-16(24)14-7-5-6-8-15(14)19/h5-8H,4,9-13H2,1-3H3,(H,20,22)(H,21,24). The van der Waals surface area contributed by atoms with Crippen molar-refractivity contribution in [3.63, 3.8) is 0 Å². The van der Waals surface area contributed by atoms with E-state index in [0.717, 1.165) is 25.6 Å². The number of amides is 1. The summed E-state index contributed by atoms with van der Waals surface area (Å²) in [6, 6.07) is 7.05. The minimum Gasteiger partial charge on any atom is -0.357 e. The van der Waals surface area contributed by atoms with Crippen LogP contribution in [0.3, 0.4) is 0 Å². The molecule has 132 valence electrons. The second kappa shape index (κ2) is 8.38. The first-order valence-corrected chi connectivity index (χ1v) is 8.87. The molecule has 0 unspecified atom stereocenters. The van der Waals surface area contributed by atoms with E-state index in [4.69, 9.17) is 11.6 Å². The van der Waals surface area contributed by atoms with Crippen LogP contribution in [0.25, 0.3) is 0 Å². The number of guanidine groups is 1. The Morgan fingerprint density at radius 3 is 2.71 bits per heavy atom. The number of rotatable bonds is 5. The molecule has 0 radical (unpaired) electrons. The van der Waals surface area contributed by atoms with Crippen LogP contribution in [-0.2, 0) is 0 Å². The summed E-state index contributed by atoms with van der Waals surface area (Å²) in [4.78, 5) is 19.0. The van der Waals surface area contributed by atoms with Gasteiger partial charge in [-0.05, 0) is 30.9 Å². The summed E-state index contributed by atoms with van der Waals surface area (Å²) in [5, 5.41) is 6.66. The van der Waals surface area contributed by atoms with Gasteiger partial charge in [-0.25, -0.2) is 0 Å². The van der Waals surface area contributed by atoms with Crippen molar-refractivity contribution in [2.24, 2.45) is 10.4 Å². The van der Waals surface area contributed by atoms with Gasteiger partial charge in [0.2, 0.25) is 0 Å². The van der Waals surface area contributed by atoms with Crippen LogP contribution in [0.15, 0.2) is 29.3 Å². The third kappa shape index (κ3) is 5.13. The van der Waals surface area contributed by atoms with Gasteiger partial charge in [-0.15, -0.1) is 0 Å². The maximum absolute atomic E-state index is 12.1. The summed E-state index contributed by atoms with van der Waals surface area (Å²) >= 11 is 6.03. The molecular formula is C18H27ClN4O. The van der Waals surface area contributed by atoms with Gasteiger partial charge in [0.25, 0.3) is 5.91 Å². The summed E-state index contributed by atoms with van der Waals surface area (Å²) in [5.41, 5.74) is 0.824. The number of likely N-dealkylation sites (tertiary alicyclic amines) is 1. The van der Waals surface area contributed by atoms with E-state index in [2.05, 4.69) is 41.3 Å². The molecule has 0 spiro atoms. The summed E-state index contributed by atoms with van der Waals surface area (Å²) < 4.78 is 0. The maximum atomic E-state index is 12.1. The van der Waals surface area contributed by atoms with E-state index >= 15 is 0 Å². The van der Waals surface area contributed by atoms with Crippen molar-refractivity contribution in [3.05, 3.63) is 34.9 Å². The molecule has 2 rings (SSSR count). The number of hydrogen-bond donors (Lipinski definition) is 2. The number of aliphatic imine (C=N–C) groups is 1. The second-order valence-corrected chi connectivity index (χ2v) is 7.21. The van der Waals surface area contributed by atoms with E-state index in [1.54, 1.807) is 18.2 Å². The van der Waals surface area contributed by atoms with E-state index in [-0.39, 0.29) is 5.91 Å². The molecule has 5 nitrogen and oxygen atoms in total. The normalized spacial score (nSPS) is 17.0. The topological polar surface area (TPSA) is 56.7 Å². The fraction of sp³-hybridized carbons (Fsp3) is 0.556. The Kier molecular flexibility index (Phi) is 6.49. The van der Waals surface area contributed by atoms with E-state index in [0.29, 0.717) is 29.1 Å². The number of benzene rings is 1. The molecule has 24 heavy (non-hydrogen) atoms. The summed E-state index contributed by atoms with van der Waals surface area (Å²) in [6.45, 7) is 10.5. The van der Waals surface area contributed by atoms with E-state index in [9.17, 15) is 4.79 Å². The lowest BCUT2D eigenvalue weighted by atomic mass is 9.93. The predicted octanol–water partition coefficient (Wildman–Crippen LogP) is 2.77. The van der Waals surface area contributed by atoms with E-state index in [1.807, 2.05) is 6.07 Å². The minimum absolute atomic E-state index is 0.164. The van der Waals surface area contributed by atoms with Gasteiger partial charge >= 0.3 is 0 Å². The highest BCUT2D eigenvalue weighted by molar-refractivity contribution is 6.33. The Morgan fingerprint density at radius 1 is 1.33 bits per heavy atom. The van der Waals surface area contributed by atoms with Crippen LogP contribution in [-0.4, -0.2) is 49.5 Å². The quantitative estimate of drug-likeness (QED) is 0.487. The number of hydrogen-bond acceptors (Lipinski definition) is 2. The number of halogens is 1. The van der Waals surface area contributed by atoms with Crippen molar-refractivity contribution in [2.45, 2.75) is 27.2 Å². The van der Waals surface area contributed by atoms with Gasteiger partial charge in [0.1, 0.15) is 0 Å². The second-order valence-electron chi connectivity index (χ2n) is 6.81. The Balaban J connectivity index is 1.86. The van der Waals surface area contributed by atoms with Crippen LogP contribution < -0.4 is 10.6 Å². The molecule has 0 bridgehead atoms. The first kappa shape index (κ1) is 18.6. The Labute approximate surface area is 149 Å².